The largest absolute Gasteiger partial charge is 0.493 e. The summed E-state index contributed by atoms with van der Waals surface area (Å²) in [7, 11) is 0. The molecular formula is C12H13FO2. The predicted octanol–water partition coefficient (Wildman–Crippen LogP) is 1.86. The van der Waals surface area contributed by atoms with E-state index in [0.29, 0.717) is 12.5 Å². The van der Waals surface area contributed by atoms with E-state index in [4.69, 9.17) is 4.74 Å². The highest BCUT2D eigenvalue weighted by Gasteiger charge is 2.57. The van der Waals surface area contributed by atoms with Crippen molar-refractivity contribution in [1.82, 2.24) is 0 Å². The zero-order valence-electron chi connectivity index (χ0n) is 8.37. The number of hydrogen-bond acceptors (Lipinski definition) is 2. The van der Waals surface area contributed by atoms with Gasteiger partial charge in [0.25, 0.3) is 0 Å². The molecule has 1 spiro atoms. The average Bonchev–Trinajstić information content (AvgIpc) is 2.94. The molecule has 2 atom stereocenters. The van der Waals surface area contributed by atoms with Crippen molar-refractivity contribution in [1.29, 1.82) is 0 Å². The van der Waals surface area contributed by atoms with Gasteiger partial charge in [0.15, 0.2) is 0 Å². The molecule has 15 heavy (non-hydrogen) atoms. The van der Waals surface area contributed by atoms with Gasteiger partial charge in [-0.2, -0.15) is 0 Å². The second-order valence-electron chi connectivity index (χ2n) is 4.48. The Morgan fingerprint density at radius 2 is 2.40 bits per heavy atom. The van der Waals surface area contributed by atoms with Crippen LogP contribution in [-0.4, -0.2) is 18.3 Å². The number of benzene rings is 1. The van der Waals surface area contributed by atoms with Gasteiger partial charge in [-0.25, -0.2) is 4.39 Å². The summed E-state index contributed by atoms with van der Waals surface area (Å²) in [6.07, 6.45) is 1.86. The van der Waals surface area contributed by atoms with Gasteiger partial charge in [-0.15, -0.1) is 0 Å². The highest BCUT2D eigenvalue weighted by Crippen LogP contribution is 2.60. The maximum Gasteiger partial charge on any atom is 0.123 e. The van der Waals surface area contributed by atoms with Gasteiger partial charge in [0, 0.05) is 17.6 Å². The Bertz CT molecular complexity index is 405. The van der Waals surface area contributed by atoms with Crippen molar-refractivity contribution >= 4 is 0 Å². The molecule has 1 aliphatic carbocycles. The van der Waals surface area contributed by atoms with Crippen LogP contribution in [0.1, 0.15) is 18.4 Å². The molecule has 1 saturated carbocycles. The predicted molar refractivity (Wildman–Crippen MR) is 53.4 cm³/mol. The molecule has 3 rings (SSSR count). The third-order valence-corrected chi connectivity index (χ3v) is 3.74. The first kappa shape index (κ1) is 9.16. The molecule has 1 N–H and O–H groups in total. The van der Waals surface area contributed by atoms with Crippen LogP contribution in [-0.2, 0) is 5.41 Å². The normalized spacial score (nSPS) is 32.3. The fourth-order valence-electron chi connectivity index (χ4n) is 2.75. The van der Waals surface area contributed by atoms with Gasteiger partial charge in [-0.1, -0.05) is 0 Å². The second-order valence-corrected chi connectivity index (χ2v) is 4.48. The highest BCUT2D eigenvalue weighted by molar-refractivity contribution is 5.46. The number of hydrogen-bond donors (Lipinski definition) is 1. The van der Waals surface area contributed by atoms with E-state index in [1.165, 1.54) is 6.07 Å². The first-order chi connectivity index (χ1) is 7.26. The number of rotatable bonds is 1. The minimum absolute atomic E-state index is 0.00440. The molecule has 1 heterocycles. The van der Waals surface area contributed by atoms with E-state index in [2.05, 4.69) is 0 Å². The molecule has 0 saturated heterocycles. The van der Waals surface area contributed by atoms with E-state index in [1.807, 2.05) is 0 Å². The lowest BCUT2D eigenvalue weighted by atomic mass is 9.87. The van der Waals surface area contributed by atoms with Crippen molar-refractivity contribution in [3.8, 4) is 5.75 Å². The Morgan fingerprint density at radius 3 is 3.13 bits per heavy atom. The van der Waals surface area contributed by atoms with Crippen molar-refractivity contribution in [3.63, 3.8) is 0 Å². The molecule has 2 nitrogen and oxygen atoms in total. The Labute approximate surface area is 87.7 Å². The zero-order valence-corrected chi connectivity index (χ0v) is 8.37. The maximum absolute atomic E-state index is 13.2. The van der Waals surface area contributed by atoms with Crippen LogP contribution < -0.4 is 4.74 Å². The molecule has 0 unspecified atom stereocenters. The van der Waals surface area contributed by atoms with Crippen LogP contribution in [0.25, 0.3) is 0 Å². The van der Waals surface area contributed by atoms with E-state index in [-0.39, 0.29) is 17.8 Å². The SMILES string of the molecule is OC[C@@H]1C[C@@]12CCOc1ccc(F)cc12. The number of aliphatic hydroxyl groups excluding tert-OH is 1. The average molecular weight is 208 g/mol. The first-order valence-electron chi connectivity index (χ1n) is 5.30. The first-order valence-corrected chi connectivity index (χ1v) is 5.30. The molecular weight excluding hydrogens is 195 g/mol. The molecule has 1 fully saturated rings. The lowest BCUT2D eigenvalue weighted by molar-refractivity contribution is 0.224. The van der Waals surface area contributed by atoms with Crippen LogP contribution >= 0.6 is 0 Å². The van der Waals surface area contributed by atoms with E-state index in [0.717, 1.165) is 24.2 Å². The molecule has 0 aromatic heterocycles. The summed E-state index contributed by atoms with van der Waals surface area (Å²) < 4.78 is 18.7. The molecule has 3 heteroatoms. The molecule has 2 aliphatic rings. The van der Waals surface area contributed by atoms with E-state index < -0.39 is 0 Å². The van der Waals surface area contributed by atoms with Gasteiger partial charge in [-0.05, 0) is 37.0 Å². The summed E-state index contributed by atoms with van der Waals surface area (Å²) in [6.45, 7) is 0.866. The van der Waals surface area contributed by atoms with Crippen LogP contribution in [0.2, 0.25) is 0 Å². The maximum atomic E-state index is 13.2. The van der Waals surface area contributed by atoms with Crippen molar-refractivity contribution in [3.05, 3.63) is 29.6 Å². The third-order valence-electron chi connectivity index (χ3n) is 3.74. The van der Waals surface area contributed by atoms with Crippen LogP contribution in [0.15, 0.2) is 18.2 Å². The summed E-state index contributed by atoms with van der Waals surface area (Å²) in [4.78, 5) is 0. The van der Waals surface area contributed by atoms with Crippen molar-refractivity contribution in [2.45, 2.75) is 18.3 Å². The summed E-state index contributed by atoms with van der Waals surface area (Å²) >= 11 is 0. The van der Waals surface area contributed by atoms with Crippen LogP contribution in [0, 0.1) is 11.7 Å². The number of aliphatic hydroxyl groups is 1. The van der Waals surface area contributed by atoms with Gasteiger partial charge in [-0.3, -0.25) is 0 Å². The minimum atomic E-state index is -0.220. The van der Waals surface area contributed by atoms with E-state index in [1.54, 1.807) is 12.1 Å². The van der Waals surface area contributed by atoms with Gasteiger partial charge < -0.3 is 9.84 Å². The quantitative estimate of drug-likeness (QED) is 0.763. The lowest BCUT2D eigenvalue weighted by Gasteiger charge is -2.26. The van der Waals surface area contributed by atoms with Crippen LogP contribution in [0.4, 0.5) is 4.39 Å². The molecule has 0 radical (unpaired) electrons. The molecule has 1 aliphatic heterocycles. The number of halogens is 1. The molecule has 0 amide bonds. The van der Waals surface area contributed by atoms with Gasteiger partial charge >= 0.3 is 0 Å². The van der Waals surface area contributed by atoms with Crippen LogP contribution in [0.5, 0.6) is 5.75 Å². The standard InChI is InChI=1S/C12H13FO2/c13-9-1-2-11-10(5-9)12(3-4-15-11)6-8(12)7-14/h1-2,5,8,14H,3-4,6-7H2/t8-,12-/m0/s1. The fourth-order valence-corrected chi connectivity index (χ4v) is 2.75. The van der Waals surface area contributed by atoms with Crippen molar-refractivity contribution in [2.24, 2.45) is 5.92 Å². The topological polar surface area (TPSA) is 29.5 Å². The smallest absolute Gasteiger partial charge is 0.123 e. The molecule has 1 aromatic rings. The summed E-state index contributed by atoms with van der Waals surface area (Å²) in [5, 5.41) is 9.18. The van der Waals surface area contributed by atoms with E-state index in [9.17, 15) is 9.50 Å². The fraction of sp³-hybridized carbons (Fsp3) is 0.500. The molecule has 1 aromatic carbocycles. The number of ether oxygens (including phenoxy) is 1. The number of fused-ring (bicyclic) bond motifs is 2. The van der Waals surface area contributed by atoms with E-state index >= 15 is 0 Å². The van der Waals surface area contributed by atoms with Gasteiger partial charge in [0.1, 0.15) is 11.6 Å². The minimum Gasteiger partial charge on any atom is -0.493 e. The third kappa shape index (κ3) is 1.19. The summed E-state index contributed by atoms with van der Waals surface area (Å²) in [5.74, 6) is 0.864. The van der Waals surface area contributed by atoms with Crippen LogP contribution in [0.3, 0.4) is 0 Å². The Balaban J connectivity index is 2.07. The monoisotopic (exact) mass is 208 g/mol. The second kappa shape index (κ2) is 2.95. The summed E-state index contributed by atoms with van der Waals surface area (Å²) in [5.41, 5.74) is 0.956. The van der Waals surface area contributed by atoms with Gasteiger partial charge in [0.05, 0.1) is 6.61 Å². The van der Waals surface area contributed by atoms with Gasteiger partial charge in [0.2, 0.25) is 0 Å². The molecule has 80 valence electrons. The lowest BCUT2D eigenvalue weighted by Crippen LogP contribution is -2.22. The zero-order chi connectivity index (χ0) is 10.5. The summed E-state index contributed by atoms with van der Waals surface area (Å²) in [6, 6.07) is 4.68. The Hall–Kier alpha value is -1.09. The van der Waals surface area contributed by atoms with Crippen molar-refractivity contribution in [2.75, 3.05) is 13.2 Å². The molecule has 0 bridgehead atoms. The highest BCUT2D eigenvalue weighted by atomic mass is 19.1. The Kier molecular flexibility index (Phi) is 1.80. The van der Waals surface area contributed by atoms with Crippen molar-refractivity contribution < 1.29 is 14.2 Å². The Morgan fingerprint density at radius 1 is 1.53 bits per heavy atom.